The van der Waals surface area contributed by atoms with Crippen LogP contribution in [0.15, 0.2) is 6.20 Å². The van der Waals surface area contributed by atoms with Crippen molar-refractivity contribution in [2.45, 2.75) is 44.2 Å². The van der Waals surface area contributed by atoms with Gasteiger partial charge in [0.2, 0.25) is 0 Å². The highest BCUT2D eigenvalue weighted by Crippen LogP contribution is 2.29. The lowest BCUT2D eigenvalue weighted by Crippen LogP contribution is -2.45. The third kappa shape index (κ3) is 2.24. The van der Waals surface area contributed by atoms with Gasteiger partial charge in [-0.3, -0.25) is 4.68 Å². The highest BCUT2D eigenvalue weighted by atomic mass is 15.3. The summed E-state index contributed by atoms with van der Waals surface area (Å²) in [7, 11) is 2.06. The number of aromatic nitrogens is 2. The second-order valence-corrected chi connectivity index (χ2v) is 5.32. The molecular weight excluding hydrogens is 212 g/mol. The zero-order valence-electron chi connectivity index (χ0n) is 10.6. The molecule has 0 saturated carbocycles. The van der Waals surface area contributed by atoms with Crippen molar-refractivity contribution in [3.63, 3.8) is 0 Å². The van der Waals surface area contributed by atoms with E-state index in [9.17, 15) is 0 Å². The average Bonchev–Trinajstić information content (AvgIpc) is 2.74. The standard InChI is InChI=1S/C13H22N4/c1-17-13-6-2-5-12(11(13)9-15-17)16-10-4-3-7-14-8-10/h9-10,12,14,16H,2-8H2,1H3. The molecule has 4 nitrogen and oxygen atoms in total. The lowest BCUT2D eigenvalue weighted by Gasteiger charge is -2.31. The molecule has 1 fully saturated rings. The molecule has 0 spiro atoms. The van der Waals surface area contributed by atoms with Gasteiger partial charge in [0.25, 0.3) is 0 Å². The zero-order chi connectivity index (χ0) is 11.7. The molecule has 2 unspecified atom stereocenters. The Bertz CT molecular complexity index is 379. The van der Waals surface area contributed by atoms with E-state index < -0.39 is 0 Å². The second kappa shape index (κ2) is 4.78. The number of nitrogens with zero attached hydrogens (tertiary/aromatic N) is 2. The Morgan fingerprint density at radius 3 is 3.18 bits per heavy atom. The van der Waals surface area contributed by atoms with Crippen molar-refractivity contribution in [3.05, 3.63) is 17.5 Å². The van der Waals surface area contributed by atoms with Crippen LogP contribution in [0.1, 0.15) is 43.0 Å². The molecular formula is C13H22N4. The first-order chi connectivity index (χ1) is 8.34. The maximum Gasteiger partial charge on any atom is 0.0540 e. The fraction of sp³-hybridized carbons (Fsp3) is 0.769. The number of piperidine rings is 1. The lowest BCUT2D eigenvalue weighted by atomic mass is 9.91. The fourth-order valence-electron chi connectivity index (χ4n) is 3.16. The van der Waals surface area contributed by atoms with E-state index in [0.717, 1.165) is 6.54 Å². The first-order valence-corrected chi connectivity index (χ1v) is 6.82. The monoisotopic (exact) mass is 234 g/mol. The van der Waals surface area contributed by atoms with Crippen molar-refractivity contribution >= 4 is 0 Å². The third-order valence-electron chi connectivity index (χ3n) is 4.11. The predicted molar refractivity (Wildman–Crippen MR) is 67.9 cm³/mol. The van der Waals surface area contributed by atoms with E-state index in [4.69, 9.17) is 0 Å². The Hall–Kier alpha value is -0.870. The van der Waals surface area contributed by atoms with Crippen molar-refractivity contribution < 1.29 is 0 Å². The summed E-state index contributed by atoms with van der Waals surface area (Å²) in [5, 5.41) is 11.7. The minimum atomic E-state index is 0.525. The van der Waals surface area contributed by atoms with Gasteiger partial charge in [0.15, 0.2) is 0 Å². The summed E-state index contributed by atoms with van der Waals surface area (Å²) in [4.78, 5) is 0. The highest BCUT2D eigenvalue weighted by Gasteiger charge is 2.25. The van der Waals surface area contributed by atoms with Crippen LogP contribution in [0, 0.1) is 0 Å². The Balaban J connectivity index is 1.71. The van der Waals surface area contributed by atoms with E-state index in [2.05, 4.69) is 29.0 Å². The molecule has 0 aromatic carbocycles. The topological polar surface area (TPSA) is 41.9 Å². The number of aryl methyl sites for hydroxylation is 1. The quantitative estimate of drug-likeness (QED) is 0.806. The summed E-state index contributed by atoms with van der Waals surface area (Å²) >= 11 is 0. The van der Waals surface area contributed by atoms with E-state index >= 15 is 0 Å². The second-order valence-electron chi connectivity index (χ2n) is 5.32. The molecule has 2 N–H and O–H groups in total. The molecule has 2 aliphatic rings. The molecule has 0 radical (unpaired) electrons. The van der Waals surface area contributed by atoms with Crippen LogP contribution in [0.25, 0.3) is 0 Å². The molecule has 1 aliphatic heterocycles. The summed E-state index contributed by atoms with van der Waals surface area (Å²) in [6.07, 6.45) is 8.39. The van der Waals surface area contributed by atoms with Gasteiger partial charge in [-0.15, -0.1) is 0 Å². The number of hydrogen-bond acceptors (Lipinski definition) is 3. The molecule has 1 aromatic rings. The van der Waals surface area contributed by atoms with Crippen LogP contribution >= 0.6 is 0 Å². The normalized spacial score (nSPS) is 29.0. The highest BCUT2D eigenvalue weighted by molar-refractivity contribution is 5.24. The van der Waals surface area contributed by atoms with Gasteiger partial charge in [-0.2, -0.15) is 5.10 Å². The number of nitrogens with one attached hydrogen (secondary N) is 2. The lowest BCUT2D eigenvalue weighted by molar-refractivity contribution is 0.332. The van der Waals surface area contributed by atoms with Gasteiger partial charge in [-0.05, 0) is 38.6 Å². The van der Waals surface area contributed by atoms with E-state index in [1.807, 2.05) is 4.68 Å². The average molecular weight is 234 g/mol. The van der Waals surface area contributed by atoms with Gasteiger partial charge in [-0.1, -0.05) is 0 Å². The predicted octanol–water partition coefficient (Wildman–Crippen LogP) is 1.14. The van der Waals surface area contributed by atoms with Crippen LogP contribution in [0.3, 0.4) is 0 Å². The van der Waals surface area contributed by atoms with Gasteiger partial charge < -0.3 is 10.6 Å². The van der Waals surface area contributed by atoms with Crippen molar-refractivity contribution in [2.24, 2.45) is 7.05 Å². The third-order valence-corrected chi connectivity index (χ3v) is 4.11. The van der Waals surface area contributed by atoms with Crippen LogP contribution in [-0.4, -0.2) is 28.9 Å². The fourth-order valence-corrected chi connectivity index (χ4v) is 3.16. The molecule has 2 atom stereocenters. The minimum absolute atomic E-state index is 0.525. The molecule has 1 aromatic heterocycles. The molecule has 4 heteroatoms. The van der Waals surface area contributed by atoms with E-state index in [1.165, 1.54) is 49.9 Å². The smallest absolute Gasteiger partial charge is 0.0540 e. The van der Waals surface area contributed by atoms with Crippen molar-refractivity contribution in [2.75, 3.05) is 13.1 Å². The Morgan fingerprint density at radius 1 is 1.41 bits per heavy atom. The molecule has 0 amide bonds. The summed E-state index contributed by atoms with van der Waals surface area (Å²) in [5.74, 6) is 0. The van der Waals surface area contributed by atoms with E-state index in [0.29, 0.717) is 12.1 Å². The van der Waals surface area contributed by atoms with Gasteiger partial charge in [-0.25, -0.2) is 0 Å². The minimum Gasteiger partial charge on any atom is -0.315 e. The maximum absolute atomic E-state index is 4.40. The molecule has 3 rings (SSSR count). The van der Waals surface area contributed by atoms with E-state index in [-0.39, 0.29) is 0 Å². The van der Waals surface area contributed by atoms with Crippen molar-refractivity contribution in [1.82, 2.24) is 20.4 Å². The SMILES string of the molecule is Cn1ncc2c1CCCC2NC1CCCNC1. The first-order valence-electron chi connectivity index (χ1n) is 6.82. The summed E-state index contributed by atoms with van der Waals surface area (Å²) in [6.45, 7) is 2.30. The number of hydrogen-bond donors (Lipinski definition) is 2. The maximum atomic E-state index is 4.40. The Kier molecular flexibility index (Phi) is 3.16. The largest absolute Gasteiger partial charge is 0.315 e. The molecule has 1 aliphatic carbocycles. The molecule has 2 heterocycles. The van der Waals surface area contributed by atoms with Crippen molar-refractivity contribution in [3.8, 4) is 0 Å². The Labute approximate surface area is 103 Å². The zero-order valence-corrected chi connectivity index (χ0v) is 10.6. The number of rotatable bonds is 2. The van der Waals surface area contributed by atoms with Crippen LogP contribution in [0.4, 0.5) is 0 Å². The summed E-state index contributed by atoms with van der Waals surface area (Å²) in [5.41, 5.74) is 2.86. The molecule has 94 valence electrons. The molecule has 0 bridgehead atoms. The van der Waals surface area contributed by atoms with Gasteiger partial charge in [0.05, 0.1) is 6.20 Å². The van der Waals surface area contributed by atoms with E-state index in [1.54, 1.807) is 0 Å². The van der Waals surface area contributed by atoms with Gasteiger partial charge in [0, 0.05) is 36.9 Å². The van der Waals surface area contributed by atoms with Crippen LogP contribution in [0.2, 0.25) is 0 Å². The van der Waals surface area contributed by atoms with Gasteiger partial charge in [0.1, 0.15) is 0 Å². The molecule has 1 saturated heterocycles. The number of fused-ring (bicyclic) bond motifs is 1. The van der Waals surface area contributed by atoms with Crippen LogP contribution < -0.4 is 10.6 Å². The summed E-state index contributed by atoms with van der Waals surface area (Å²) in [6, 6.07) is 1.16. The van der Waals surface area contributed by atoms with Crippen LogP contribution in [-0.2, 0) is 13.5 Å². The van der Waals surface area contributed by atoms with Crippen molar-refractivity contribution in [1.29, 1.82) is 0 Å². The van der Waals surface area contributed by atoms with Gasteiger partial charge >= 0.3 is 0 Å². The first kappa shape index (κ1) is 11.2. The summed E-state index contributed by atoms with van der Waals surface area (Å²) < 4.78 is 2.04. The Morgan fingerprint density at radius 2 is 2.35 bits per heavy atom. The van der Waals surface area contributed by atoms with Crippen LogP contribution in [0.5, 0.6) is 0 Å². The molecule has 17 heavy (non-hydrogen) atoms.